The van der Waals surface area contributed by atoms with Crippen molar-refractivity contribution in [2.24, 2.45) is 5.92 Å². The number of pyridine rings is 8. The molecule has 0 saturated heterocycles. The summed E-state index contributed by atoms with van der Waals surface area (Å²) in [5.74, 6) is -10.7. The van der Waals surface area contributed by atoms with Gasteiger partial charge in [-0.1, -0.05) is 7.43 Å². The van der Waals surface area contributed by atoms with Crippen LogP contribution >= 0.6 is 0 Å². The Balaban J connectivity index is 0.000000170. The molecule has 12 heterocycles. The molecule has 0 unspecified atom stereocenters. The SMILES string of the molecule is C.CC(C)OC(F)(F)c1nnc2ccc(-c3cnc(O[C@@H](C)C(F)(F)F)c(F)c3)cn12.CC(C)OC(F)(F)c1nnc2ccc(-c3cnc(O[C@H](C)C(F)(F)F)c(F)c3)cn12.COC(F)(F)c1nnc2ccc(-c3cnc(OC4(C(F)(F)F)CCC4)c(F)c3)cn12.C[C@H](Oc1ncc(-c2ccc3nnc(C(F)(F)OCC4CC4)n3c2)cc1F)C(F)(F)F. The summed E-state index contributed by atoms with van der Waals surface area (Å²) in [4.78, 5) is 14.4. The molecule has 0 amide bonds. The summed E-state index contributed by atoms with van der Waals surface area (Å²) in [6.07, 6.45) is -31.3. The normalized spacial score (nSPS) is 14.9. The molecule has 2 aliphatic rings. The Kier molecular flexibility index (Phi) is 27.0. The molecular weight excluding hydrogens is 1700 g/mol. The van der Waals surface area contributed by atoms with Crippen LogP contribution < -0.4 is 18.9 Å². The second-order valence-corrected chi connectivity index (χ2v) is 27.4. The average molecular weight is 1760 g/mol. The van der Waals surface area contributed by atoms with E-state index in [-0.39, 0.29) is 99.9 Å². The zero-order valence-corrected chi connectivity index (χ0v) is 63.2. The molecule has 24 nitrogen and oxygen atoms in total. The monoisotopic (exact) mass is 1760 g/mol. The van der Waals surface area contributed by atoms with Gasteiger partial charge in [0.2, 0.25) is 28.9 Å². The van der Waals surface area contributed by atoms with Gasteiger partial charge in [0.05, 0.1) is 18.8 Å². The van der Waals surface area contributed by atoms with Crippen LogP contribution in [0.5, 0.6) is 23.5 Å². The number of ether oxygens (including phenoxy) is 8. The van der Waals surface area contributed by atoms with E-state index >= 15 is 0 Å². The van der Waals surface area contributed by atoms with Crippen molar-refractivity contribution in [2.75, 3.05) is 13.7 Å². The van der Waals surface area contributed by atoms with Crippen molar-refractivity contribution in [2.45, 2.75) is 173 Å². The Morgan fingerprint density at radius 2 is 0.656 bits per heavy atom. The third-order valence-corrected chi connectivity index (χ3v) is 17.7. The zero-order chi connectivity index (χ0) is 88.7. The van der Waals surface area contributed by atoms with E-state index in [1.165, 1.54) is 101 Å². The van der Waals surface area contributed by atoms with E-state index in [2.05, 4.69) is 89.1 Å². The molecule has 0 radical (unpaired) electrons. The first-order valence-corrected chi connectivity index (χ1v) is 35.4. The van der Waals surface area contributed by atoms with Gasteiger partial charge < -0.3 is 37.9 Å². The first-order valence-electron chi connectivity index (χ1n) is 35.4. The van der Waals surface area contributed by atoms with E-state index in [4.69, 9.17) is 9.47 Å². The van der Waals surface area contributed by atoms with E-state index in [0.717, 1.165) is 107 Å². The van der Waals surface area contributed by atoms with Gasteiger partial charge in [-0.15, -0.1) is 40.8 Å². The molecule has 3 atom stereocenters. The van der Waals surface area contributed by atoms with Crippen LogP contribution in [0.15, 0.2) is 122 Å². The number of fused-ring (bicyclic) bond motifs is 4. The molecule has 48 heteroatoms. The lowest BCUT2D eigenvalue weighted by atomic mass is 9.79. The van der Waals surface area contributed by atoms with Gasteiger partial charge in [0.1, 0.15) is 0 Å². The van der Waals surface area contributed by atoms with Gasteiger partial charge in [0, 0.05) is 101 Å². The van der Waals surface area contributed by atoms with Gasteiger partial charge in [-0.2, -0.15) is 87.8 Å². The minimum Gasteiger partial charge on any atom is -0.463 e. The predicted octanol–water partition coefficient (Wildman–Crippen LogP) is 19.3. The van der Waals surface area contributed by atoms with Crippen molar-refractivity contribution >= 4 is 22.6 Å². The number of hydrogen-bond acceptors (Lipinski definition) is 20. The third-order valence-electron chi connectivity index (χ3n) is 17.7. The molecular formula is C74H66F24N16O8. The topological polar surface area (TPSA) is 246 Å². The van der Waals surface area contributed by atoms with Crippen molar-refractivity contribution < 1.29 is 143 Å². The smallest absolute Gasteiger partial charge is 0.428 e. The number of aromatic nitrogens is 16. The maximum atomic E-state index is 14.5. The molecule has 12 aromatic heterocycles. The lowest BCUT2D eigenvalue weighted by Crippen LogP contribution is -2.55. The number of methoxy groups -OCH3 is 1. The molecule has 2 aliphatic carbocycles. The van der Waals surface area contributed by atoms with Crippen LogP contribution in [0.25, 0.3) is 67.1 Å². The minimum atomic E-state index is -4.69. The maximum absolute atomic E-state index is 14.5. The van der Waals surface area contributed by atoms with Crippen molar-refractivity contribution in [3.63, 3.8) is 0 Å². The lowest BCUT2D eigenvalue weighted by Gasteiger charge is -2.42. The molecule has 0 aromatic carbocycles. The summed E-state index contributed by atoms with van der Waals surface area (Å²) in [5, 5.41) is 28.4. The highest BCUT2D eigenvalue weighted by Gasteiger charge is 2.61. The van der Waals surface area contributed by atoms with E-state index in [1.54, 1.807) is 0 Å². The fraction of sp³-hybridized carbons (Fsp3) is 0.405. The van der Waals surface area contributed by atoms with Crippen LogP contribution in [0.3, 0.4) is 0 Å². The molecule has 122 heavy (non-hydrogen) atoms. The standard InChI is InChI=1S/C19H16F6N4O2.C18H14F6N4O2.2C18H16F6N4O2.CH4/c1-10(18(21,22)23)31-16-14(20)6-13(7-26-16)12-4-5-15-27-28-17(29(15)8-12)19(24,25)30-9-11-2-3-11;1-29-17(20,21)15-27-26-13-4-3-10(9-28(13)15)11-7-12(19)14(25-8-11)30-16(5-2-6-16)18(22,23)24;2*1-9(2)30-18(23,24)16-27-26-14-5-4-11(8-28(14)16)12-6-13(19)15(25-7-12)29-10(3)17(20,21)22;/h4-8,10-11H,2-3,9H2,1H3;3-4,7-9H,2,5-6H2,1H3;2*4-10H,1-3H3;1H4/t10-;;2*10-;/m0.10./s1. The van der Waals surface area contributed by atoms with Crippen molar-refractivity contribution in [1.82, 2.24) is 78.3 Å². The molecule has 12 aromatic rings. The fourth-order valence-electron chi connectivity index (χ4n) is 10.9. The van der Waals surface area contributed by atoms with Crippen LogP contribution in [-0.4, -0.2) is 153 Å². The first-order chi connectivity index (χ1) is 56.4. The molecule has 0 spiro atoms. The number of rotatable bonds is 24. The Morgan fingerprint density at radius 3 is 0.893 bits per heavy atom. The fourth-order valence-corrected chi connectivity index (χ4v) is 10.9. The zero-order valence-electron chi connectivity index (χ0n) is 63.2. The Hall–Kier alpha value is -11.6. The Labute approximate surface area is 672 Å². The summed E-state index contributed by atoms with van der Waals surface area (Å²) in [6, 6.07) is 14.9. The van der Waals surface area contributed by atoms with Gasteiger partial charge in [-0.3, -0.25) is 17.6 Å². The quantitative estimate of drug-likeness (QED) is 0.0510. The minimum absolute atomic E-state index is 0. The Morgan fingerprint density at radius 1 is 0.377 bits per heavy atom. The molecule has 2 fully saturated rings. The third kappa shape index (κ3) is 21.3. The number of halogens is 24. The summed E-state index contributed by atoms with van der Waals surface area (Å²) >= 11 is 0. The highest BCUT2D eigenvalue weighted by Crippen LogP contribution is 2.49. The number of alkyl halides is 20. The Bertz CT molecular complexity index is 5490. The first kappa shape index (κ1) is 92.7. The van der Waals surface area contributed by atoms with Crippen molar-refractivity contribution in [1.29, 1.82) is 0 Å². The van der Waals surface area contributed by atoms with Gasteiger partial charge >= 0.3 is 49.1 Å². The second kappa shape index (κ2) is 35.5. The second-order valence-electron chi connectivity index (χ2n) is 27.4. The van der Waals surface area contributed by atoms with Crippen LogP contribution in [0.4, 0.5) is 105 Å². The van der Waals surface area contributed by atoms with Gasteiger partial charge in [-0.25, -0.2) is 37.5 Å². The largest absolute Gasteiger partial charge is 0.463 e. The highest BCUT2D eigenvalue weighted by atomic mass is 19.4. The van der Waals surface area contributed by atoms with E-state index < -0.39 is 155 Å². The average Bonchev–Trinajstić information content (AvgIpc) is 1.17. The van der Waals surface area contributed by atoms with Gasteiger partial charge in [0.25, 0.3) is 23.5 Å². The number of nitrogens with zero attached hydrogens (tertiary/aromatic N) is 16. The van der Waals surface area contributed by atoms with Crippen molar-refractivity contribution in [3.8, 4) is 68.0 Å². The maximum Gasteiger partial charge on any atom is 0.428 e. The molecule has 0 N–H and O–H groups in total. The van der Waals surface area contributed by atoms with Crippen LogP contribution in [-0.2, 0) is 43.4 Å². The molecule has 658 valence electrons. The van der Waals surface area contributed by atoms with E-state index in [1.807, 2.05) is 0 Å². The number of hydrogen-bond donors (Lipinski definition) is 0. The molecule has 14 rings (SSSR count). The van der Waals surface area contributed by atoms with Crippen molar-refractivity contribution in [3.05, 3.63) is 169 Å². The summed E-state index contributed by atoms with van der Waals surface area (Å²) < 4.78 is 364. The van der Waals surface area contributed by atoms with E-state index in [9.17, 15) is 105 Å². The lowest BCUT2D eigenvalue weighted by molar-refractivity contribution is -0.275. The molecule has 0 aliphatic heterocycles. The summed E-state index contributed by atoms with van der Waals surface area (Å²) in [5.41, 5.74) is -0.552. The van der Waals surface area contributed by atoms with Crippen LogP contribution in [0.1, 0.15) is 111 Å². The van der Waals surface area contributed by atoms with E-state index in [0.29, 0.717) is 6.42 Å². The van der Waals surface area contributed by atoms with Gasteiger partial charge in [-0.05, 0) is 159 Å². The predicted molar refractivity (Wildman–Crippen MR) is 377 cm³/mol. The van der Waals surface area contributed by atoms with Crippen LogP contribution in [0, 0.1) is 29.2 Å². The van der Waals surface area contributed by atoms with Gasteiger partial charge in [0.15, 0.2) is 64.2 Å². The molecule has 0 bridgehead atoms. The molecule has 2 saturated carbocycles. The summed E-state index contributed by atoms with van der Waals surface area (Å²) in [7, 11) is 0.804. The highest BCUT2D eigenvalue weighted by molar-refractivity contribution is 5.68. The summed E-state index contributed by atoms with van der Waals surface area (Å²) in [6.45, 7) is 7.78. The van der Waals surface area contributed by atoms with Crippen LogP contribution in [0.2, 0.25) is 0 Å².